The fraction of sp³-hybridized carbons (Fsp3) is 0.455. The molecule has 0 atom stereocenters. The molecular weight excluding hydrogens is 291 g/mol. The molecule has 0 saturated carbocycles. The molecule has 0 aliphatic rings. The van der Waals surface area contributed by atoms with Crippen LogP contribution in [-0.2, 0) is 10.0 Å². The lowest BCUT2D eigenvalue weighted by atomic mass is 10.3. The molecule has 0 spiro atoms. The molecule has 0 unspecified atom stereocenters. The molecule has 5 nitrogen and oxygen atoms in total. The first-order valence-corrected chi connectivity index (χ1v) is 8.34. The Bertz CT molecular complexity index is 509. The van der Waals surface area contributed by atoms with Gasteiger partial charge in [0.1, 0.15) is 10.7 Å². The minimum absolute atomic E-state index is 0.120. The van der Waals surface area contributed by atoms with Crippen molar-refractivity contribution in [1.82, 2.24) is 4.72 Å². The summed E-state index contributed by atoms with van der Waals surface area (Å²) in [4.78, 5) is -0.401. The fourth-order valence-electron chi connectivity index (χ4n) is 1.33. The van der Waals surface area contributed by atoms with E-state index in [1.54, 1.807) is 0 Å². The topological polar surface area (TPSA) is 92.4 Å². The molecule has 0 radical (unpaired) electrons. The lowest BCUT2D eigenvalue weighted by Crippen LogP contribution is -2.27. The van der Waals surface area contributed by atoms with Gasteiger partial charge < -0.3 is 10.8 Å². The van der Waals surface area contributed by atoms with E-state index < -0.39 is 20.7 Å². The fourth-order valence-corrected chi connectivity index (χ4v) is 3.33. The third-order valence-electron chi connectivity index (χ3n) is 2.23. The minimum atomic E-state index is -3.84. The van der Waals surface area contributed by atoms with Gasteiger partial charge in [0.25, 0.3) is 0 Å². The Kier molecular flexibility index (Phi) is 6.56. The van der Waals surface area contributed by atoms with Crippen molar-refractivity contribution in [1.29, 1.82) is 0 Å². The summed E-state index contributed by atoms with van der Waals surface area (Å²) in [6, 6.07) is 3.46. The van der Waals surface area contributed by atoms with Crippen LogP contribution < -0.4 is 10.5 Å². The van der Waals surface area contributed by atoms with Crippen molar-refractivity contribution in [2.45, 2.75) is 11.3 Å². The lowest BCUT2D eigenvalue weighted by molar-refractivity contribution is 0.296. The molecular formula is C11H17FN2O3S2. The number of halogens is 1. The molecule has 0 amide bonds. The van der Waals surface area contributed by atoms with E-state index in [2.05, 4.69) is 4.72 Å². The number of aliphatic hydroxyl groups is 1. The Balaban J connectivity index is 2.52. The summed E-state index contributed by atoms with van der Waals surface area (Å²) < 4.78 is 39.4. The van der Waals surface area contributed by atoms with Crippen molar-refractivity contribution in [3.63, 3.8) is 0 Å². The summed E-state index contributed by atoms with van der Waals surface area (Å²) in [5.74, 6) is 0.463. The summed E-state index contributed by atoms with van der Waals surface area (Å²) >= 11 is 1.52. The summed E-state index contributed by atoms with van der Waals surface area (Å²) in [5.41, 5.74) is 5.54. The molecule has 0 aliphatic heterocycles. The van der Waals surface area contributed by atoms with Crippen LogP contribution >= 0.6 is 11.8 Å². The first kappa shape index (κ1) is 16.2. The number of benzene rings is 1. The molecule has 0 heterocycles. The average Bonchev–Trinajstić information content (AvgIpc) is 2.33. The predicted octanol–water partition coefficient (Wildman–Crippen LogP) is 0.802. The number of aliphatic hydroxyl groups excluding tert-OH is 1. The second-order valence-corrected chi connectivity index (χ2v) is 6.74. The number of sulfonamides is 1. The van der Waals surface area contributed by atoms with E-state index in [0.717, 1.165) is 17.9 Å². The van der Waals surface area contributed by atoms with E-state index in [-0.39, 0.29) is 18.8 Å². The summed E-state index contributed by atoms with van der Waals surface area (Å²) in [6.07, 6.45) is 0.671. The average molecular weight is 308 g/mol. The third-order valence-corrected chi connectivity index (χ3v) is 4.80. The van der Waals surface area contributed by atoms with Gasteiger partial charge >= 0.3 is 0 Å². The highest BCUT2D eigenvalue weighted by Gasteiger charge is 2.18. The van der Waals surface area contributed by atoms with Crippen LogP contribution in [0.5, 0.6) is 0 Å². The molecule has 19 heavy (non-hydrogen) atoms. The van der Waals surface area contributed by atoms with E-state index in [4.69, 9.17) is 10.8 Å². The zero-order chi connectivity index (χ0) is 14.3. The van der Waals surface area contributed by atoms with Crippen molar-refractivity contribution < 1.29 is 17.9 Å². The highest BCUT2D eigenvalue weighted by molar-refractivity contribution is 7.99. The van der Waals surface area contributed by atoms with Crippen LogP contribution in [-0.4, -0.2) is 38.2 Å². The van der Waals surface area contributed by atoms with Gasteiger partial charge in [-0.05, 0) is 30.4 Å². The van der Waals surface area contributed by atoms with E-state index in [1.165, 1.54) is 17.8 Å². The second kappa shape index (κ2) is 7.68. The van der Waals surface area contributed by atoms with Crippen LogP contribution in [0.4, 0.5) is 10.1 Å². The van der Waals surface area contributed by atoms with Crippen LogP contribution in [0.25, 0.3) is 0 Å². The molecule has 0 aromatic heterocycles. The van der Waals surface area contributed by atoms with Crippen molar-refractivity contribution in [3.8, 4) is 0 Å². The van der Waals surface area contributed by atoms with Crippen LogP contribution in [0.15, 0.2) is 23.1 Å². The number of anilines is 1. The molecule has 0 saturated heterocycles. The first-order chi connectivity index (χ1) is 8.97. The normalized spacial score (nSPS) is 11.7. The van der Waals surface area contributed by atoms with E-state index in [9.17, 15) is 12.8 Å². The number of nitrogen functional groups attached to an aromatic ring is 1. The van der Waals surface area contributed by atoms with Crippen molar-refractivity contribution in [2.75, 3.05) is 30.4 Å². The number of hydrogen-bond acceptors (Lipinski definition) is 5. The second-order valence-electron chi connectivity index (χ2n) is 3.78. The molecule has 0 fully saturated rings. The zero-order valence-electron chi connectivity index (χ0n) is 10.3. The Morgan fingerprint density at radius 3 is 2.74 bits per heavy atom. The van der Waals surface area contributed by atoms with Crippen LogP contribution in [0.1, 0.15) is 6.42 Å². The van der Waals surface area contributed by atoms with Gasteiger partial charge in [-0.15, -0.1) is 0 Å². The maximum Gasteiger partial charge on any atom is 0.243 e. The van der Waals surface area contributed by atoms with Crippen LogP contribution in [0, 0.1) is 5.82 Å². The predicted molar refractivity (Wildman–Crippen MR) is 75.0 cm³/mol. The lowest BCUT2D eigenvalue weighted by Gasteiger charge is -2.08. The molecule has 4 N–H and O–H groups in total. The Labute approximate surface area is 116 Å². The van der Waals surface area contributed by atoms with Crippen molar-refractivity contribution >= 4 is 27.5 Å². The zero-order valence-corrected chi connectivity index (χ0v) is 11.9. The first-order valence-electron chi connectivity index (χ1n) is 5.70. The number of nitrogens with one attached hydrogen (secondary N) is 1. The highest BCUT2D eigenvalue weighted by atomic mass is 32.2. The van der Waals surface area contributed by atoms with Crippen LogP contribution in [0.2, 0.25) is 0 Å². The van der Waals surface area contributed by atoms with E-state index in [0.29, 0.717) is 12.2 Å². The molecule has 1 rings (SSSR count). The summed E-state index contributed by atoms with van der Waals surface area (Å²) in [5, 5.41) is 8.58. The standard InChI is InChI=1S/C11H17FN2O3S2/c12-10-8-9(13)2-3-11(10)19(16,17)14-4-7-18-6-1-5-15/h2-3,8,14-15H,1,4-7,13H2. The van der Waals surface area contributed by atoms with Gasteiger partial charge in [0.05, 0.1) is 0 Å². The van der Waals surface area contributed by atoms with Gasteiger partial charge in [-0.3, -0.25) is 0 Å². The quantitative estimate of drug-likeness (QED) is 0.488. The largest absolute Gasteiger partial charge is 0.399 e. The maximum absolute atomic E-state index is 13.5. The van der Waals surface area contributed by atoms with Gasteiger partial charge in [-0.1, -0.05) is 0 Å². The smallest absolute Gasteiger partial charge is 0.243 e. The number of thioether (sulfide) groups is 1. The van der Waals surface area contributed by atoms with E-state index in [1.807, 2.05) is 0 Å². The number of rotatable bonds is 8. The number of nitrogens with two attached hydrogens (primary N) is 1. The van der Waals surface area contributed by atoms with Gasteiger partial charge in [0.15, 0.2) is 0 Å². The number of hydrogen-bond donors (Lipinski definition) is 3. The molecule has 108 valence electrons. The Hall–Kier alpha value is -0.830. The molecule has 0 bridgehead atoms. The van der Waals surface area contributed by atoms with Crippen molar-refractivity contribution in [2.24, 2.45) is 0 Å². The Morgan fingerprint density at radius 1 is 1.37 bits per heavy atom. The highest BCUT2D eigenvalue weighted by Crippen LogP contribution is 2.16. The van der Waals surface area contributed by atoms with Crippen LogP contribution in [0.3, 0.4) is 0 Å². The summed E-state index contributed by atoms with van der Waals surface area (Å²) in [6.45, 7) is 0.331. The van der Waals surface area contributed by atoms with Crippen molar-refractivity contribution in [3.05, 3.63) is 24.0 Å². The molecule has 0 aliphatic carbocycles. The third kappa shape index (κ3) is 5.35. The monoisotopic (exact) mass is 308 g/mol. The molecule has 1 aromatic carbocycles. The van der Waals surface area contributed by atoms with Gasteiger partial charge in [-0.2, -0.15) is 11.8 Å². The Morgan fingerprint density at radius 2 is 2.11 bits per heavy atom. The minimum Gasteiger partial charge on any atom is -0.399 e. The molecule has 8 heteroatoms. The SMILES string of the molecule is Nc1ccc(S(=O)(=O)NCCSCCCO)c(F)c1. The molecule has 1 aromatic rings. The van der Waals surface area contributed by atoms with E-state index >= 15 is 0 Å². The maximum atomic E-state index is 13.5. The van der Waals surface area contributed by atoms with Gasteiger partial charge in [0, 0.05) is 24.6 Å². The summed E-state index contributed by atoms with van der Waals surface area (Å²) in [7, 11) is -3.84. The van der Waals surface area contributed by atoms with Gasteiger partial charge in [-0.25, -0.2) is 17.5 Å². The van der Waals surface area contributed by atoms with Gasteiger partial charge in [0.2, 0.25) is 10.0 Å².